The van der Waals surface area contributed by atoms with E-state index >= 15 is 0 Å². The van der Waals surface area contributed by atoms with Crippen molar-refractivity contribution in [1.82, 2.24) is 5.32 Å². The van der Waals surface area contributed by atoms with Gasteiger partial charge in [-0.15, -0.1) is 0 Å². The van der Waals surface area contributed by atoms with Crippen LogP contribution in [0, 0.1) is 0 Å². The topological polar surface area (TPSA) is 69.6 Å². The molecule has 4 heteroatoms. The highest BCUT2D eigenvalue weighted by atomic mass is 16.3. The highest BCUT2D eigenvalue weighted by molar-refractivity contribution is 5.76. The Bertz CT molecular complexity index is 1290. The van der Waals surface area contributed by atoms with Gasteiger partial charge < -0.3 is 15.5 Å². The van der Waals surface area contributed by atoms with Gasteiger partial charge in [0.25, 0.3) is 0 Å². The zero-order valence-electron chi connectivity index (χ0n) is 40.1. The molecule has 2 unspecified atom stereocenters. The van der Waals surface area contributed by atoms with Crippen molar-refractivity contribution in [2.75, 3.05) is 6.61 Å². The van der Waals surface area contributed by atoms with Crippen LogP contribution in [0.3, 0.4) is 0 Å². The Kier molecular flexibility index (Phi) is 49.0. The van der Waals surface area contributed by atoms with Crippen LogP contribution >= 0.6 is 0 Å². The number of hydrogen-bond acceptors (Lipinski definition) is 3. The molecular formula is C58H95NO3. The van der Waals surface area contributed by atoms with Crippen molar-refractivity contribution in [3.8, 4) is 0 Å². The largest absolute Gasteiger partial charge is 0.394 e. The van der Waals surface area contributed by atoms with Gasteiger partial charge >= 0.3 is 0 Å². The summed E-state index contributed by atoms with van der Waals surface area (Å²) < 4.78 is 0. The van der Waals surface area contributed by atoms with Crippen molar-refractivity contribution in [3.63, 3.8) is 0 Å². The van der Waals surface area contributed by atoms with E-state index in [0.29, 0.717) is 6.42 Å². The van der Waals surface area contributed by atoms with E-state index in [1.807, 2.05) is 6.08 Å². The number of nitrogens with one attached hydrogen (secondary N) is 1. The molecule has 350 valence electrons. The number of allylic oxidation sites excluding steroid dienone is 21. The van der Waals surface area contributed by atoms with Gasteiger partial charge in [0.2, 0.25) is 5.91 Å². The predicted molar refractivity (Wildman–Crippen MR) is 275 cm³/mol. The molecule has 0 heterocycles. The highest BCUT2D eigenvalue weighted by Gasteiger charge is 2.17. The maximum absolute atomic E-state index is 12.4. The summed E-state index contributed by atoms with van der Waals surface area (Å²) in [5.41, 5.74) is 0. The van der Waals surface area contributed by atoms with Gasteiger partial charge in [0, 0.05) is 6.42 Å². The first-order valence-corrected chi connectivity index (χ1v) is 25.4. The van der Waals surface area contributed by atoms with Crippen molar-refractivity contribution in [2.45, 2.75) is 219 Å². The summed E-state index contributed by atoms with van der Waals surface area (Å²) in [7, 11) is 0. The van der Waals surface area contributed by atoms with Gasteiger partial charge in [-0.25, -0.2) is 0 Å². The van der Waals surface area contributed by atoms with Crippen molar-refractivity contribution in [1.29, 1.82) is 0 Å². The Balaban J connectivity index is 3.75. The summed E-state index contributed by atoms with van der Waals surface area (Å²) in [6.45, 7) is 4.16. The molecule has 0 saturated carbocycles. The smallest absolute Gasteiger partial charge is 0.220 e. The number of aliphatic hydroxyl groups excluding tert-OH is 2. The van der Waals surface area contributed by atoms with Crippen LogP contribution in [0.2, 0.25) is 0 Å². The Labute approximate surface area is 383 Å². The van der Waals surface area contributed by atoms with Crippen molar-refractivity contribution in [3.05, 3.63) is 134 Å². The fourth-order valence-electron chi connectivity index (χ4n) is 6.75. The van der Waals surface area contributed by atoms with Gasteiger partial charge in [-0.05, 0) is 109 Å². The Morgan fingerprint density at radius 3 is 1.13 bits per heavy atom. The van der Waals surface area contributed by atoms with Crippen LogP contribution in [-0.4, -0.2) is 34.9 Å². The van der Waals surface area contributed by atoms with E-state index in [2.05, 4.69) is 141 Å². The zero-order valence-corrected chi connectivity index (χ0v) is 40.1. The van der Waals surface area contributed by atoms with Crippen molar-refractivity contribution in [2.24, 2.45) is 0 Å². The third-order valence-electron chi connectivity index (χ3n) is 10.6. The minimum absolute atomic E-state index is 0.108. The van der Waals surface area contributed by atoms with E-state index in [1.54, 1.807) is 6.08 Å². The first kappa shape index (κ1) is 58.5. The lowest BCUT2D eigenvalue weighted by atomic mass is 10.1. The average molecular weight is 854 g/mol. The van der Waals surface area contributed by atoms with Crippen LogP contribution in [0.1, 0.15) is 206 Å². The molecule has 0 aliphatic rings. The highest BCUT2D eigenvalue weighted by Crippen LogP contribution is 2.13. The van der Waals surface area contributed by atoms with E-state index in [4.69, 9.17) is 0 Å². The standard InChI is InChI=1S/C58H95NO3/c1-3-5-7-9-11-13-15-17-19-21-23-25-26-27-28-29-30-31-32-34-36-38-40-42-44-46-48-50-52-54-58(62)59-56(55-60)57(61)53-51-49-47-45-43-41-39-37-35-33-24-22-20-18-16-14-12-10-8-6-4-2/h5,7,11,13,17,19,23,25,27-28,30-31,34-37,40,42-43,45,51,53,56-57,60-61H,3-4,6,8-10,12,14-16,18,20-22,24,26,29,32-33,38-39,41,44,46-50,52,54-55H2,1-2H3,(H,59,62)/b7-5-,13-11-,19-17-,25-23-,28-27-,31-30-,36-34-,37-35+,42-40-,45-43+,53-51+. The number of amides is 1. The molecular weight excluding hydrogens is 759 g/mol. The summed E-state index contributed by atoms with van der Waals surface area (Å²) >= 11 is 0. The minimum atomic E-state index is -0.892. The SMILES string of the molecule is CC/C=C\C/C=C\C/C=C\C/C=C\C/C=C\C/C=C\C/C=C\C/C=C\CCCCCCC(=O)NC(CO)C(O)/C=C/CC/C=C/CC/C=C/CCCCCCCCCCCCC. The van der Waals surface area contributed by atoms with E-state index in [-0.39, 0.29) is 12.5 Å². The second-order valence-corrected chi connectivity index (χ2v) is 16.5. The lowest BCUT2D eigenvalue weighted by molar-refractivity contribution is -0.123. The summed E-state index contributed by atoms with van der Waals surface area (Å²) in [5.74, 6) is -0.108. The molecule has 0 spiro atoms. The molecule has 3 N–H and O–H groups in total. The molecule has 4 nitrogen and oxygen atoms in total. The monoisotopic (exact) mass is 854 g/mol. The number of hydrogen-bond donors (Lipinski definition) is 3. The normalized spacial score (nSPS) is 14.1. The Morgan fingerprint density at radius 1 is 0.403 bits per heavy atom. The third kappa shape index (κ3) is 47.6. The lowest BCUT2D eigenvalue weighted by Gasteiger charge is -2.19. The fraction of sp³-hybridized carbons (Fsp3) is 0.603. The van der Waals surface area contributed by atoms with Crippen LogP contribution in [0.15, 0.2) is 134 Å². The minimum Gasteiger partial charge on any atom is -0.394 e. The van der Waals surface area contributed by atoms with Gasteiger partial charge in [-0.2, -0.15) is 0 Å². The summed E-state index contributed by atoms with van der Waals surface area (Å²) in [5, 5.41) is 23.1. The lowest BCUT2D eigenvalue weighted by Crippen LogP contribution is -2.45. The predicted octanol–water partition coefficient (Wildman–Crippen LogP) is 16.7. The first-order chi connectivity index (χ1) is 30.7. The number of aliphatic hydroxyl groups is 2. The molecule has 0 aromatic carbocycles. The van der Waals surface area contributed by atoms with E-state index < -0.39 is 12.1 Å². The van der Waals surface area contributed by atoms with Crippen LogP contribution in [-0.2, 0) is 4.79 Å². The molecule has 0 aliphatic carbocycles. The fourth-order valence-corrected chi connectivity index (χ4v) is 6.75. The van der Waals surface area contributed by atoms with Gasteiger partial charge in [0.05, 0.1) is 18.8 Å². The Morgan fingerprint density at radius 2 is 0.726 bits per heavy atom. The van der Waals surface area contributed by atoms with Crippen LogP contribution in [0.5, 0.6) is 0 Å². The molecule has 0 saturated heterocycles. The molecule has 0 bridgehead atoms. The maximum Gasteiger partial charge on any atom is 0.220 e. The summed E-state index contributed by atoms with van der Waals surface area (Å²) in [6.07, 6.45) is 81.5. The maximum atomic E-state index is 12.4. The molecule has 62 heavy (non-hydrogen) atoms. The van der Waals surface area contributed by atoms with Crippen LogP contribution < -0.4 is 5.32 Å². The van der Waals surface area contributed by atoms with E-state index in [0.717, 1.165) is 109 Å². The van der Waals surface area contributed by atoms with Crippen molar-refractivity contribution < 1.29 is 15.0 Å². The third-order valence-corrected chi connectivity index (χ3v) is 10.6. The van der Waals surface area contributed by atoms with E-state index in [1.165, 1.54) is 77.0 Å². The number of carbonyl (C=O) groups is 1. The second kappa shape index (κ2) is 51.9. The molecule has 0 radical (unpaired) electrons. The quantitative estimate of drug-likeness (QED) is 0.0422. The van der Waals surface area contributed by atoms with Crippen LogP contribution in [0.25, 0.3) is 0 Å². The van der Waals surface area contributed by atoms with Crippen molar-refractivity contribution >= 4 is 5.91 Å². The average Bonchev–Trinajstić information content (AvgIpc) is 3.28. The molecule has 0 aliphatic heterocycles. The van der Waals surface area contributed by atoms with Crippen LogP contribution in [0.4, 0.5) is 0 Å². The zero-order chi connectivity index (χ0) is 44.9. The molecule has 0 aromatic rings. The summed E-state index contributed by atoms with van der Waals surface area (Å²) in [4.78, 5) is 12.4. The van der Waals surface area contributed by atoms with Gasteiger partial charge in [0.1, 0.15) is 0 Å². The molecule has 1 amide bonds. The number of rotatable bonds is 44. The number of carbonyl (C=O) groups excluding carboxylic acids is 1. The van der Waals surface area contributed by atoms with Gasteiger partial charge in [-0.3, -0.25) is 4.79 Å². The number of unbranched alkanes of at least 4 members (excludes halogenated alkanes) is 17. The molecule has 0 rings (SSSR count). The molecule has 2 atom stereocenters. The first-order valence-electron chi connectivity index (χ1n) is 25.4. The molecule has 0 aromatic heterocycles. The second-order valence-electron chi connectivity index (χ2n) is 16.5. The molecule has 0 fully saturated rings. The summed E-state index contributed by atoms with van der Waals surface area (Å²) in [6, 6.07) is -0.670. The van der Waals surface area contributed by atoms with Gasteiger partial charge in [-0.1, -0.05) is 225 Å². The van der Waals surface area contributed by atoms with Gasteiger partial charge in [0.15, 0.2) is 0 Å². The van der Waals surface area contributed by atoms with E-state index in [9.17, 15) is 15.0 Å². The Hall–Kier alpha value is -3.47.